The first-order valence-corrected chi connectivity index (χ1v) is 6.01. The van der Waals surface area contributed by atoms with Crippen LogP contribution >= 0.6 is 0 Å². The summed E-state index contributed by atoms with van der Waals surface area (Å²) in [5.41, 5.74) is 0. The lowest BCUT2D eigenvalue weighted by Gasteiger charge is -2.33. The molecular weight excluding hydrogens is 244 g/mol. The van der Waals surface area contributed by atoms with Gasteiger partial charge in [0.1, 0.15) is 12.7 Å². The van der Waals surface area contributed by atoms with Gasteiger partial charge in [0.2, 0.25) is 5.79 Å². The van der Waals surface area contributed by atoms with Crippen LogP contribution in [0.5, 0.6) is 0 Å². The first kappa shape index (κ1) is 13.7. The van der Waals surface area contributed by atoms with Crippen LogP contribution in [0.2, 0.25) is 0 Å². The molecule has 2 fully saturated rings. The number of carbonyl (C=O) groups is 1. The van der Waals surface area contributed by atoms with Crippen LogP contribution in [0.3, 0.4) is 0 Å². The maximum absolute atomic E-state index is 11.3. The van der Waals surface area contributed by atoms with Crippen molar-refractivity contribution in [1.29, 1.82) is 0 Å². The van der Waals surface area contributed by atoms with Crippen LogP contribution in [0.25, 0.3) is 0 Å². The van der Waals surface area contributed by atoms with Crippen molar-refractivity contribution in [3.8, 4) is 0 Å². The molecule has 0 unspecified atom stereocenters. The molecule has 0 bridgehead atoms. The molecule has 104 valence electrons. The van der Waals surface area contributed by atoms with E-state index in [-0.39, 0.29) is 13.0 Å². The smallest absolute Gasteiger partial charge is 0.305 e. The zero-order chi connectivity index (χ0) is 13.2. The first-order chi connectivity index (χ1) is 8.63. The summed E-state index contributed by atoms with van der Waals surface area (Å²) in [6.07, 6.45) is -2.45. The highest BCUT2D eigenvalue weighted by atomic mass is 16.8. The number of carbonyl (C=O) groups excluding carboxylic acids is 1. The fourth-order valence-electron chi connectivity index (χ4n) is 2.16. The average molecular weight is 262 g/mol. The zero-order valence-electron chi connectivity index (χ0n) is 10.2. The van der Waals surface area contributed by atoms with E-state index in [1.807, 2.05) is 0 Å². The van der Waals surface area contributed by atoms with E-state index in [9.17, 15) is 15.0 Å². The molecule has 0 saturated carbocycles. The minimum atomic E-state index is -1.35. The molecule has 0 aromatic heterocycles. The van der Waals surface area contributed by atoms with E-state index in [0.29, 0.717) is 13.2 Å². The second-order valence-corrected chi connectivity index (χ2v) is 4.30. The predicted molar refractivity (Wildman–Crippen MR) is 57.6 cm³/mol. The Hall–Kier alpha value is -0.730. The van der Waals surface area contributed by atoms with E-state index >= 15 is 0 Å². The molecule has 18 heavy (non-hydrogen) atoms. The van der Waals surface area contributed by atoms with Gasteiger partial charge in [-0.15, -0.1) is 0 Å². The number of aliphatic hydroxyl groups excluding tert-OH is 2. The second kappa shape index (κ2) is 5.50. The van der Waals surface area contributed by atoms with Gasteiger partial charge >= 0.3 is 5.97 Å². The summed E-state index contributed by atoms with van der Waals surface area (Å²) < 4.78 is 21.2. The summed E-state index contributed by atoms with van der Waals surface area (Å²) >= 11 is 0. The van der Waals surface area contributed by atoms with Crippen LogP contribution in [-0.4, -0.2) is 66.7 Å². The van der Waals surface area contributed by atoms with Crippen molar-refractivity contribution in [2.45, 2.75) is 37.4 Å². The molecule has 0 amide bonds. The van der Waals surface area contributed by atoms with Crippen molar-refractivity contribution >= 4 is 5.97 Å². The molecule has 2 saturated heterocycles. The summed E-state index contributed by atoms with van der Waals surface area (Å²) in [4.78, 5) is 11.3. The molecule has 2 N–H and O–H groups in total. The molecule has 3 atom stereocenters. The van der Waals surface area contributed by atoms with Crippen LogP contribution in [0.15, 0.2) is 0 Å². The lowest BCUT2D eigenvalue weighted by Crippen LogP contribution is -2.54. The summed E-state index contributed by atoms with van der Waals surface area (Å²) in [7, 11) is 0. The SMILES string of the molecule is CCC(=O)O[C@@H]1[C@@H](O)CO[C@@H]1C1(CO)OCCO1. The maximum atomic E-state index is 11.3. The Morgan fingerprint density at radius 1 is 1.44 bits per heavy atom. The van der Waals surface area contributed by atoms with E-state index in [1.165, 1.54) is 0 Å². The predicted octanol–water partition coefficient (Wildman–Crippen LogP) is -1.20. The molecule has 0 aromatic carbocycles. The van der Waals surface area contributed by atoms with Crippen molar-refractivity contribution in [1.82, 2.24) is 0 Å². The summed E-state index contributed by atoms with van der Waals surface area (Å²) in [5, 5.41) is 19.2. The van der Waals surface area contributed by atoms with Crippen molar-refractivity contribution < 1.29 is 34.0 Å². The molecular formula is C11H18O7. The minimum absolute atomic E-state index is 0.0147. The van der Waals surface area contributed by atoms with Gasteiger partial charge in [0.25, 0.3) is 0 Å². The van der Waals surface area contributed by atoms with Crippen LogP contribution in [0, 0.1) is 0 Å². The van der Waals surface area contributed by atoms with Crippen molar-refractivity contribution in [2.24, 2.45) is 0 Å². The number of hydrogen-bond acceptors (Lipinski definition) is 7. The van der Waals surface area contributed by atoms with Gasteiger partial charge < -0.3 is 29.2 Å². The van der Waals surface area contributed by atoms with Gasteiger partial charge in [-0.05, 0) is 0 Å². The van der Waals surface area contributed by atoms with Gasteiger partial charge in [0.05, 0.1) is 19.8 Å². The lowest BCUT2D eigenvalue weighted by molar-refractivity contribution is -0.257. The Morgan fingerprint density at radius 3 is 2.67 bits per heavy atom. The number of ether oxygens (including phenoxy) is 4. The molecule has 2 aliphatic heterocycles. The van der Waals surface area contributed by atoms with Gasteiger partial charge in [-0.25, -0.2) is 0 Å². The molecule has 2 heterocycles. The molecule has 7 nitrogen and oxygen atoms in total. The number of aliphatic hydroxyl groups is 2. The Bertz CT molecular complexity index is 300. The molecule has 2 aliphatic rings. The van der Waals surface area contributed by atoms with Crippen LogP contribution in [-0.2, 0) is 23.7 Å². The molecule has 0 aromatic rings. The molecule has 7 heteroatoms. The topological polar surface area (TPSA) is 94.5 Å². The third-order valence-electron chi connectivity index (χ3n) is 3.11. The Morgan fingerprint density at radius 2 is 2.11 bits per heavy atom. The van der Waals surface area contributed by atoms with E-state index in [4.69, 9.17) is 18.9 Å². The van der Waals surface area contributed by atoms with E-state index in [0.717, 1.165) is 0 Å². The normalized spacial score (nSPS) is 34.7. The van der Waals surface area contributed by atoms with Gasteiger partial charge in [-0.1, -0.05) is 6.92 Å². The van der Waals surface area contributed by atoms with E-state index in [2.05, 4.69) is 0 Å². The standard InChI is InChI=1S/C11H18O7/c1-2-8(14)18-9-7(13)5-15-10(9)11(6-12)16-3-4-17-11/h7,9-10,12-13H,2-6H2,1H3/t7-,9+,10-/m0/s1. The number of rotatable bonds is 4. The van der Waals surface area contributed by atoms with Gasteiger partial charge in [-0.3, -0.25) is 4.79 Å². The fourth-order valence-corrected chi connectivity index (χ4v) is 2.16. The number of hydrogen-bond donors (Lipinski definition) is 2. The van der Waals surface area contributed by atoms with Crippen molar-refractivity contribution in [3.63, 3.8) is 0 Å². The Kier molecular flexibility index (Phi) is 4.18. The zero-order valence-corrected chi connectivity index (χ0v) is 10.2. The van der Waals surface area contributed by atoms with Crippen LogP contribution in [0.1, 0.15) is 13.3 Å². The highest BCUT2D eigenvalue weighted by Crippen LogP contribution is 2.33. The largest absolute Gasteiger partial charge is 0.456 e. The molecule has 2 rings (SSSR count). The summed E-state index contributed by atoms with van der Waals surface area (Å²) in [6.45, 7) is 1.89. The Labute approximate surface area is 105 Å². The van der Waals surface area contributed by atoms with Gasteiger partial charge in [-0.2, -0.15) is 0 Å². The summed E-state index contributed by atoms with van der Waals surface area (Å²) in [6, 6.07) is 0. The number of esters is 1. The van der Waals surface area contributed by atoms with Crippen molar-refractivity contribution in [3.05, 3.63) is 0 Å². The molecule has 0 spiro atoms. The lowest BCUT2D eigenvalue weighted by atomic mass is 10.0. The summed E-state index contributed by atoms with van der Waals surface area (Å²) in [5.74, 6) is -1.79. The quantitative estimate of drug-likeness (QED) is 0.615. The fraction of sp³-hybridized carbons (Fsp3) is 0.909. The van der Waals surface area contributed by atoms with Crippen LogP contribution in [0.4, 0.5) is 0 Å². The minimum Gasteiger partial charge on any atom is -0.456 e. The average Bonchev–Trinajstić information content (AvgIpc) is 2.98. The van der Waals surface area contributed by atoms with Crippen LogP contribution < -0.4 is 0 Å². The second-order valence-electron chi connectivity index (χ2n) is 4.30. The molecule has 0 aliphatic carbocycles. The van der Waals surface area contributed by atoms with Gasteiger partial charge in [0, 0.05) is 6.42 Å². The highest BCUT2D eigenvalue weighted by molar-refractivity contribution is 5.69. The maximum Gasteiger partial charge on any atom is 0.305 e. The third-order valence-corrected chi connectivity index (χ3v) is 3.11. The third kappa shape index (κ3) is 2.36. The van der Waals surface area contributed by atoms with E-state index < -0.39 is 36.7 Å². The van der Waals surface area contributed by atoms with Gasteiger partial charge in [0.15, 0.2) is 12.2 Å². The highest BCUT2D eigenvalue weighted by Gasteiger charge is 2.55. The monoisotopic (exact) mass is 262 g/mol. The van der Waals surface area contributed by atoms with E-state index in [1.54, 1.807) is 6.92 Å². The molecule has 0 radical (unpaired) electrons. The first-order valence-electron chi connectivity index (χ1n) is 6.01. The van der Waals surface area contributed by atoms with Crippen molar-refractivity contribution in [2.75, 3.05) is 26.4 Å². The Balaban J connectivity index is 2.12.